The first-order valence-corrected chi connectivity index (χ1v) is 10.9. The number of carbonyl (C=O) groups excluding carboxylic acids is 2. The highest BCUT2D eigenvalue weighted by Gasteiger charge is 2.54. The Morgan fingerprint density at radius 1 is 1.10 bits per heavy atom. The first-order valence-electron chi connectivity index (χ1n) is 10.9. The third-order valence-electron chi connectivity index (χ3n) is 7.93. The Labute approximate surface area is 171 Å². The molecule has 0 unspecified atom stereocenters. The highest BCUT2D eigenvalue weighted by atomic mass is 16.5. The van der Waals surface area contributed by atoms with E-state index in [-0.39, 0.29) is 24.2 Å². The van der Waals surface area contributed by atoms with E-state index < -0.39 is 0 Å². The van der Waals surface area contributed by atoms with Gasteiger partial charge in [0.1, 0.15) is 11.5 Å². The number of benzene rings is 1. The van der Waals surface area contributed by atoms with Crippen molar-refractivity contribution in [1.82, 2.24) is 5.32 Å². The number of hydrogen-bond acceptors (Lipinski definition) is 4. The highest BCUT2D eigenvalue weighted by Crippen LogP contribution is 2.58. The maximum absolute atomic E-state index is 13.0. The molecule has 0 aromatic heterocycles. The molecule has 5 rings (SSSR count). The smallest absolute Gasteiger partial charge is 0.227 e. The molecule has 29 heavy (non-hydrogen) atoms. The summed E-state index contributed by atoms with van der Waals surface area (Å²) in [7, 11) is 3.18. The van der Waals surface area contributed by atoms with Crippen LogP contribution in [-0.4, -0.2) is 38.6 Å². The molecule has 4 fully saturated rings. The molecule has 6 nitrogen and oxygen atoms in total. The number of carbonyl (C=O) groups is 2. The van der Waals surface area contributed by atoms with E-state index in [0.29, 0.717) is 35.7 Å². The summed E-state index contributed by atoms with van der Waals surface area (Å²) in [5.74, 6) is 4.16. The van der Waals surface area contributed by atoms with Gasteiger partial charge in [-0.2, -0.15) is 0 Å². The number of ether oxygens (including phenoxy) is 2. The summed E-state index contributed by atoms with van der Waals surface area (Å²) in [6.45, 7) is 0.390. The molecule has 156 valence electrons. The summed E-state index contributed by atoms with van der Waals surface area (Å²) >= 11 is 0. The third kappa shape index (κ3) is 3.08. The van der Waals surface area contributed by atoms with E-state index in [1.54, 1.807) is 37.3 Å². The predicted octanol–water partition coefficient (Wildman–Crippen LogP) is 3.00. The molecule has 2 amide bonds. The zero-order valence-electron chi connectivity index (χ0n) is 17.2. The van der Waals surface area contributed by atoms with E-state index in [1.165, 1.54) is 25.7 Å². The van der Waals surface area contributed by atoms with Crippen LogP contribution in [0.5, 0.6) is 11.5 Å². The first kappa shape index (κ1) is 18.8. The minimum Gasteiger partial charge on any atom is -0.497 e. The van der Waals surface area contributed by atoms with Crippen molar-refractivity contribution in [2.45, 2.75) is 44.6 Å². The average molecular weight is 399 g/mol. The van der Waals surface area contributed by atoms with Gasteiger partial charge in [-0.1, -0.05) is 6.42 Å². The van der Waals surface area contributed by atoms with Crippen molar-refractivity contribution in [2.24, 2.45) is 29.6 Å². The quantitative estimate of drug-likeness (QED) is 0.828. The number of methoxy groups -OCH3 is 2. The number of fused-ring (bicyclic) bond motifs is 5. The number of rotatable bonds is 5. The molecule has 1 N–H and O–H groups in total. The minimum absolute atomic E-state index is 0.0369. The number of nitrogens with zero attached hydrogens (tertiary/aromatic N) is 1. The zero-order valence-corrected chi connectivity index (χ0v) is 17.2. The predicted molar refractivity (Wildman–Crippen MR) is 109 cm³/mol. The Bertz CT molecular complexity index is 825. The number of nitrogens with one attached hydrogen (secondary N) is 1. The number of amides is 2. The van der Waals surface area contributed by atoms with E-state index in [0.717, 1.165) is 24.2 Å². The van der Waals surface area contributed by atoms with Crippen LogP contribution in [-0.2, 0) is 9.59 Å². The summed E-state index contributed by atoms with van der Waals surface area (Å²) in [6.07, 6.45) is 6.75. The lowest BCUT2D eigenvalue weighted by atomic mass is 9.79. The van der Waals surface area contributed by atoms with Gasteiger partial charge in [0, 0.05) is 25.1 Å². The fourth-order valence-electron chi connectivity index (χ4n) is 6.66. The van der Waals surface area contributed by atoms with Crippen LogP contribution in [0.4, 0.5) is 5.69 Å². The van der Waals surface area contributed by atoms with E-state index >= 15 is 0 Å². The molecular formula is C23H30N2O4. The van der Waals surface area contributed by atoms with Crippen LogP contribution in [0.2, 0.25) is 0 Å². The van der Waals surface area contributed by atoms with Gasteiger partial charge < -0.3 is 19.7 Å². The molecule has 0 spiro atoms. The van der Waals surface area contributed by atoms with Gasteiger partial charge in [0.15, 0.2) is 0 Å². The van der Waals surface area contributed by atoms with Crippen LogP contribution >= 0.6 is 0 Å². The van der Waals surface area contributed by atoms with E-state index in [4.69, 9.17) is 9.47 Å². The molecule has 4 aliphatic rings. The first-order chi connectivity index (χ1) is 14.1. The molecule has 6 atom stereocenters. The van der Waals surface area contributed by atoms with Gasteiger partial charge in [-0.3, -0.25) is 9.59 Å². The largest absolute Gasteiger partial charge is 0.497 e. The number of anilines is 1. The molecule has 1 saturated heterocycles. The lowest BCUT2D eigenvalue weighted by Crippen LogP contribution is -2.45. The van der Waals surface area contributed by atoms with Crippen LogP contribution in [0.3, 0.4) is 0 Å². The van der Waals surface area contributed by atoms with Crippen molar-refractivity contribution in [1.29, 1.82) is 0 Å². The van der Waals surface area contributed by atoms with E-state index in [2.05, 4.69) is 5.32 Å². The van der Waals surface area contributed by atoms with Crippen LogP contribution in [0.1, 0.15) is 38.5 Å². The van der Waals surface area contributed by atoms with Gasteiger partial charge in [-0.15, -0.1) is 0 Å². The van der Waals surface area contributed by atoms with Gasteiger partial charge in [-0.25, -0.2) is 0 Å². The Morgan fingerprint density at radius 3 is 2.72 bits per heavy atom. The van der Waals surface area contributed by atoms with Crippen molar-refractivity contribution in [2.75, 3.05) is 25.7 Å². The lowest BCUT2D eigenvalue weighted by Gasteiger charge is -2.32. The second-order valence-electron chi connectivity index (χ2n) is 9.21. The van der Waals surface area contributed by atoms with Crippen LogP contribution in [0.25, 0.3) is 0 Å². The molecular weight excluding hydrogens is 368 g/mol. The summed E-state index contributed by atoms with van der Waals surface area (Å²) in [5.41, 5.74) is 0.667. The summed E-state index contributed by atoms with van der Waals surface area (Å²) in [6, 6.07) is 5.70. The molecule has 1 heterocycles. The Kier molecular flexibility index (Phi) is 4.67. The van der Waals surface area contributed by atoms with Crippen molar-refractivity contribution < 1.29 is 19.1 Å². The Morgan fingerprint density at radius 2 is 1.93 bits per heavy atom. The van der Waals surface area contributed by atoms with Gasteiger partial charge in [-0.05, 0) is 61.5 Å². The maximum Gasteiger partial charge on any atom is 0.227 e. The normalized spacial score (nSPS) is 35.1. The molecule has 0 radical (unpaired) electrons. The molecule has 1 aromatic carbocycles. The summed E-state index contributed by atoms with van der Waals surface area (Å²) < 4.78 is 10.7. The third-order valence-corrected chi connectivity index (χ3v) is 7.93. The van der Waals surface area contributed by atoms with Crippen molar-refractivity contribution in [3.05, 3.63) is 18.2 Å². The van der Waals surface area contributed by atoms with Crippen molar-refractivity contribution in [3.8, 4) is 11.5 Å². The summed E-state index contributed by atoms with van der Waals surface area (Å²) in [5, 5.41) is 3.33. The topological polar surface area (TPSA) is 67.9 Å². The second-order valence-corrected chi connectivity index (χ2v) is 9.21. The van der Waals surface area contributed by atoms with Crippen molar-refractivity contribution in [3.63, 3.8) is 0 Å². The van der Waals surface area contributed by atoms with Crippen LogP contribution < -0.4 is 19.7 Å². The minimum atomic E-state index is -0.308. The lowest BCUT2D eigenvalue weighted by molar-refractivity contribution is -0.127. The van der Waals surface area contributed by atoms with Gasteiger partial charge in [0.05, 0.1) is 25.8 Å². The van der Waals surface area contributed by atoms with Gasteiger partial charge in [0.25, 0.3) is 0 Å². The number of hydrogen-bond donors (Lipinski definition) is 1. The fourth-order valence-corrected chi connectivity index (χ4v) is 6.66. The maximum atomic E-state index is 13.0. The molecule has 1 aliphatic heterocycles. The van der Waals surface area contributed by atoms with Crippen LogP contribution in [0, 0.1) is 29.6 Å². The molecule has 3 saturated carbocycles. The zero-order chi connectivity index (χ0) is 20.1. The van der Waals surface area contributed by atoms with E-state index in [1.807, 2.05) is 0 Å². The Balaban J connectivity index is 1.27. The SMILES string of the molecule is COc1ccc(OC)c(N2C[C@H](C(=O)N[C@@H]3C[C@H]4C[C@H]3[C@H]3CCC[C@H]43)CC2=O)c1. The molecule has 3 aliphatic carbocycles. The molecule has 6 heteroatoms. The monoisotopic (exact) mass is 398 g/mol. The molecule has 1 aromatic rings. The average Bonchev–Trinajstić information content (AvgIpc) is 3.49. The second kappa shape index (κ2) is 7.22. The molecule has 2 bridgehead atoms. The summed E-state index contributed by atoms with van der Waals surface area (Å²) in [4.78, 5) is 27.4. The van der Waals surface area contributed by atoms with Crippen molar-refractivity contribution >= 4 is 17.5 Å². The van der Waals surface area contributed by atoms with E-state index in [9.17, 15) is 9.59 Å². The Hall–Kier alpha value is -2.24. The van der Waals surface area contributed by atoms with Crippen LogP contribution in [0.15, 0.2) is 18.2 Å². The van der Waals surface area contributed by atoms with Gasteiger partial charge in [0.2, 0.25) is 11.8 Å². The fraction of sp³-hybridized carbons (Fsp3) is 0.652. The van der Waals surface area contributed by atoms with Gasteiger partial charge >= 0.3 is 0 Å². The standard InChI is InChI=1S/C23H30N2O4/c1-28-15-6-7-21(29-2)20(11-15)25-12-14(10-22(25)26)23(27)24-19-9-13-8-18(19)17-5-3-4-16(13)17/h6-7,11,13-14,16-19H,3-5,8-10,12H2,1-2H3,(H,24,27)/t13-,14-,16-,17+,18+,19-/m1/s1. The highest BCUT2D eigenvalue weighted by molar-refractivity contribution is 6.01.